The third kappa shape index (κ3) is 2.40. The third-order valence-electron chi connectivity index (χ3n) is 3.34. The number of aromatic nitrogens is 1. The molecule has 1 aliphatic heterocycles. The molecule has 1 aromatic heterocycles. The minimum absolute atomic E-state index is 0.246. The monoisotopic (exact) mass is 282 g/mol. The highest BCUT2D eigenvalue weighted by Gasteiger charge is 2.19. The smallest absolute Gasteiger partial charge is 0.151 e. The molecule has 2 heterocycles. The van der Waals surface area contributed by atoms with Crippen molar-refractivity contribution in [3.63, 3.8) is 0 Å². The van der Waals surface area contributed by atoms with Gasteiger partial charge in [-0.3, -0.25) is 4.98 Å². The Labute approximate surface area is 122 Å². The molecule has 0 fully saturated rings. The van der Waals surface area contributed by atoms with Crippen molar-refractivity contribution in [2.75, 3.05) is 5.32 Å². The minimum Gasteiger partial charge on any atom is -0.461 e. The molecule has 0 unspecified atom stereocenters. The number of aryl methyl sites for hydroxylation is 1. The van der Waals surface area contributed by atoms with Gasteiger partial charge in [-0.05, 0) is 37.6 Å². The molecule has 0 bridgehead atoms. The van der Waals surface area contributed by atoms with Crippen molar-refractivity contribution in [1.82, 2.24) is 4.98 Å². The maximum atomic E-state index is 13.9. The zero-order valence-corrected chi connectivity index (χ0v) is 11.9. The molecule has 21 heavy (non-hydrogen) atoms. The fraction of sp³-hybridized carbons (Fsp3) is 0.118. The van der Waals surface area contributed by atoms with E-state index in [0.717, 1.165) is 16.8 Å². The number of rotatable bonds is 2. The SMILES string of the molecule is C/C=C\c1c(C)ccc2c1NC(c1ncccc1F)=CO2. The van der Waals surface area contributed by atoms with Crippen molar-refractivity contribution in [3.8, 4) is 5.75 Å². The molecule has 0 aliphatic carbocycles. The van der Waals surface area contributed by atoms with Crippen LogP contribution in [0.4, 0.5) is 10.1 Å². The van der Waals surface area contributed by atoms with Crippen LogP contribution in [0.1, 0.15) is 23.7 Å². The number of fused-ring (bicyclic) bond motifs is 1. The Hall–Kier alpha value is -2.62. The summed E-state index contributed by atoms with van der Waals surface area (Å²) in [5.74, 6) is 0.331. The highest BCUT2D eigenvalue weighted by molar-refractivity contribution is 5.86. The lowest BCUT2D eigenvalue weighted by molar-refractivity contribution is 0.479. The molecule has 3 rings (SSSR count). The van der Waals surface area contributed by atoms with Gasteiger partial charge in [0.2, 0.25) is 0 Å². The molecule has 0 amide bonds. The van der Waals surface area contributed by atoms with Gasteiger partial charge in [-0.1, -0.05) is 18.2 Å². The lowest BCUT2D eigenvalue weighted by atomic mass is 10.0. The van der Waals surface area contributed by atoms with Crippen molar-refractivity contribution < 1.29 is 9.13 Å². The maximum absolute atomic E-state index is 13.9. The first kappa shape index (κ1) is 13.4. The molecule has 0 saturated carbocycles. The van der Waals surface area contributed by atoms with Crippen LogP contribution in [-0.2, 0) is 0 Å². The average Bonchev–Trinajstić information content (AvgIpc) is 2.50. The molecular formula is C17H15FN2O. The number of nitrogens with zero attached hydrogens (tertiary/aromatic N) is 1. The van der Waals surface area contributed by atoms with Crippen LogP contribution in [0.25, 0.3) is 11.8 Å². The van der Waals surface area contributed by atoms with Crippen LogP contribution in [0.5, 0.6) is 5.75 Å². The zero-order chi connectivity index (χ0) is 14.8. The van der Waals surface area contributed by atoms with Crippen LogP contribution in [0.15, 0.2) is 42.8 Å². The molecule has 1 N–H and O–H groups in total. The van der Waals surface area contributed by atoms with Crippen molar-refractivity contribution in [2.24, 2.45) is 0 Å². The molecule has 4 heteroatoms. The Balaban J connectivity index is 2.06. The summed E-state index contributed by atoms with van der Waals surface area (Å²) in [6.07, 6.45) is 7.01. The summed E-state index contributed by atoms with van der Waals surface area (Å²) >= 11 is 0. The Kier molecular flexibility index (Phi) is 3.44. The Morgan fingerprint density at radius 3 is 2.90 bits per heavy atom. The number of allylic oxidation sites excluding steroid dienone is 1. The van der Waals surface area contributed by atoms with E-state index in [9.17, 15) is 4.39 Å². The van der Waals surface area contributed by atoms with E-state index in [1.165, 1.54) is 12.3 Å². The summed E-state index contributed by atoms with van der Waals surface area (Å²) in [6.45, 7) is 3.98. The maximum Gasteiger partial charge on any atom is 0.151 e. The zero-order valence-electron chi connectivity index (χ0n) is 11.9. The molecule has 0 saturated heterocycles. The number of pyridine rings is 1. The van der Waals surface area contributed by atoms with E-state index in [2.05, 4.69) is 10.3 Å². The van der Waals surface area contributed by atoms with E-state index >= 15 is 0 Å². The first-order valence-corrected chi connectivity index (χ1v) is 6.71. The fourth-order valence-electron chi connectivity index (χ4n) is 2.30. The van der Waals surface area contributed by atoms with Crippen LogP contribution >= 0.6 is 0 Å². The van der Waals surface area contributed by atoms with Crippen LogP contribution < -0.4 is 10.1 Å². The number of ether oxygens (including phenoxy) is 1. The summed E-state index contributed by atoms with van der Waals surface area (Å²) in [4.78, 5) is 4.07. The van der Waals surface area contributed by atoms with Gasteiger partial charge in [0.1, 0.15) is 17.7 Å². The standard InChI is InChI=1S/C17H15FN2O/c1-3-5-12-11(2)7-8-15-16(12)20-14(10-21-15)17-13(18)6-4-9-19-17/h3-10,20H,1-2H3/b5-3-. The number of hydrogen-bond donors (Lipinski definition) is 1. The van der Waals surface area contributed by atoms with Gasteiger partial charge < -0.3 is 10.1 Å². The van der Waals surface area contributed by atoms with E-state index < -0.39 is 0 Å². The van der Waals surface area contributed by atoms with Crippen molar-refractivity contribution in [1.29, 1.82) is 0 Å². The van der Waals surface area contributed by atoms with Crippen molar-refractivity contribution in [2.45, 2.75) is 13.8 Å². The molecule has 0 spiro atoms. The van der Waals surface area contributed by atoms with Gasteiger partial charge in [0.05, 0.1) is 5.69 Å². The Morgan fingerprint density at radius 1 is 1.29 bits per heavy atom. The van der Waals surface area contributed by atoms with Gasteiger partial charge in [0.15, 0.2) is 11.6 Å². The number of benzene rings is 1. The molecule has 2 aromatic rings. The topological polar surface area (TPSA) is 34.2 Å². The molecule has 1 aliphatic rings. The van der Waals surface area contributed by atoms with Crippen LogP contribution in [0.2, 0.25) is 0 Å². The molecular weight excluding hydrogens is 267 g/mol. The fourth-order valence-corrected chi connectivity index (χ4v) is 2.30. The second kappa shape index (κ2) is 5.40. The van der Waals surface area contributed by atoms with Gasteiger partial charge >= 0.3 is 0 Å². The lowest BCUT2D eigenvalue weighted by Gasteiger charge is -2.22. The number of halogens is 1. The van der Waals surface area contributed by atoms with Crippen molar-refractivity contribution in [3.05, 3.63) is 65.4 Å². The van der Waals surface area contributed by atoms with Gasteiger partial charge in [0.25, 0.3) is 0 Å². The summed E-state index contributed by atoms with van der Waals surface area (Å²) in [7, 11) is 0. The van der Waals surface area contributed by atoms with E-state index in [4.69, 9.17) is 4.74 Å². The highest BCUT2D eigenvalue weighted by Crippen LogP contribution is 2.37. The van der Waals surface area contributed by atoms with Gasteiger partial charge in [-0.15, -0.1) is 0 Å². The van der Waals surface area contributed by atoms with Gasteiger partial charge in [-0.2, -0.15) is 0 Å². The average molecular weight is 282 g/mol. The van der Waals surface area contributed by atoms with E-state index in [1.807, 2.05) is 38.1 Å². The first-order valence-electron chi connectivity index (χ1n) is 6.71. The normalized spacial score (nSPS) is 13.4. The summed E-state index contributed by atoms with van der Waals surface area (Å²) in [6, 6.07) is 6.83. The summed E-state index contributed by atoms with van der Waals surface area (Å²) in [5, 5.41) is 3.23. The van der Waals surface area contributed by atoms with Gasteiger partial charge in [0, 0.05) is 11.8 Å². The predicted molar refractivity (Wildman–Crippen MR) is 82.3 cm³/mol. The lowest BCUT2D eigenvalue weighted by Crippen LogP contribution is -2.11. The van der Waals surface area contributed by atoms with E-state index in [1.54, 1.807) is 12.3 Å². The Morgan fingerprint density at radius 2 is 2.14 bits per heavy atom. The second-order valence-electron chi connectivity index (χ2n) is 4.78. The Bertz CT molecular complexity index is 750. The minimum atomic E-state index is -0.386. The quantitative estimate of drug-likeness (QED) is 0.888. The highest BCUT2D eigenvalue weighted by atomic mass is 19.1. The number of nitrogens with one attached hydrogen (secondary N) is 1. The molecule has 1 aromatic carbocycles. The second-order valence-corrected chi connectivity index (χ2v) is 4.78. The van der Waals surface area contributed by atoms with Crippen LogP contribution in [-0.4, -0.2) is 4.98 Å². The third-order valence-corrected chi connectivity index (χ3v) is 3.34. The van der Waals surface area contributed by atoms with Crippen LogP contribution in [0, 0.1) is 12.7 Å². The molecule has 3 nitrogen and oxygen atoms in total. The van der Waals surface area contributed by atoms with Gasteiger partial charge in [-0.25, -0.2) is 4.39 Å². The molecule has 106 valence electrons. The largest absolute Gasteiger partial charge is 0.461 e. The summed E-state index contributed by atoms with van der Waals surface area (Å²) < 4.78 is 19.5. The molecule has 0 atom stereocenters. The summed E-state index contributed by atoms with van der Waals surface area (Å²) in [5.41, 5.74) is 3.73. The van der Waals surface area contributed by atoms with Crippen LogP contribution in [0.3, 0.4) is 0 Å². The molecule has 0 radical (unpaired) electrons. The van der Waals surface area contributed by atoms with E-state index in [0.29, 0.717) is 11.4 Å². The van der Waals surface area contributed by atoms with Crippen molar-refractivity contribution >= 4 is 17.5 Å². The first-order chi connectivity index (χ1) is 10.2. The number of anilines is 1. The number of hydrogen-bond acceptors (Lipinski definition) is 3. The van der Waals surface area contributed by atoms with E-state index in [-0.39, 0.29) is 11.5 Å². The predicted octanol–water partition coefficient (Wildman–Crippen LogP) is 4.37.